The minimum absolute atomic E-state index is 0.198. The summed E-state index contributed by atoms with van der Waals surface area (Å²) in [6, 6.07) is 10.7. The number of aromatic nitrogens is 1. The highest BCUT2D eigenvalue weighted by Gasteiger charge is 2.16. The molecule has 0 bridgehead atoms. The van der Waals surface area contributed by atoms with Crippen LogP contribution in [0.1, 0.15) is 24.2 Å². The lowest BCUT2D eigenvalue weighted by Crippen LogP contribution is -2.24. The molecular weight excluding hydrogens is 448 g/mol. The Balaban J connectivity index is 2.24. The predicted octanol–water partition coefficient (Wildman–Crippen LogP) is 5.26. The van der Waals surface area contributed by atoms with E-state index in [9.17, 15) is 0 Å². The smallest absolute Gasteiger partial charge is 0.0719 e. The van der Waals surface area contributed by atoms with Gasteiger partial charge in [0.05, 0.1) is 11.7 Å². The largest absolute Gasteiger partial charge is 0.309 e. The molecule has 0 saturated heterocycles. The summed E-state index contributed by atoms with van der Waals surface area (Å²) in [6.07, 6.45) is 2.75. The van der Waals surface area contributed by atoms with Crippen molar-refractivity contribution >= 4 is 47.8 Å². The van der Waals surface area contributed by atoms with Crippen molar-refractivity contribution in [2.75, 3.05) is 6.54 Å². The molecule has 2 rings (SSSR count). The topological polar surface area (TPSA) is 24.9 Å². The van der Waals surface area contributed by atoms with Crippen LogP contribution < -0.4 is 5.32 Å². The highest BCUT2D eigenvalue weighted by atomic mass is 79.9. The van der Waals surface area contributed by atoms with Crippen LogP contribution in [0.15, 0.2) is 49.9 Å². The van der Waals surface area contributed by atoms with Crippen molar-refractivity contribution in [3.05, 3.63) is 61.2 Å². The second kappa shape index (κ2) is 7.69. The molecule has 5 heteroatoms. The van der Waals surface area contributed by atoms with Crippen LogP contribution in [0.4, 0.5) is 0 Å². The van der Waals surface area contributed by atoms with Crippen LogP contribution in [-0.2, 0) is 6.42 Å². The van der Waals surface area contributed by atoms with Gasteiger partial charge in [-0.3, -0.25) is 4.98 Å². The highest BCUT2D eigenvalue weighted by molar-refractivity contribution is 9.11. The van der Waals surface area contributed by atoms with Crippen LogP contribution in [0.3, 0.4) is 0 Å². The Kier molecular flexibility index (Phi) is 6.20. The zero-order chi connectivity index (χ0) is 14.5. The molecule has 1 heterocycles. The molecular formula is C15H15Br3N2. The van der Waals surface area contributed by atoms with Crippen molar-refractivity contribution in [2.24, 2.45) is 0 Å². The summed E-state index contributed by atoms with van der Waals surface area (Å²) in [5.74, 6) is 0. The Bertz CT molecular complexity index is 570. The molecule has 106 valence electrons. The first-order valence-electron chi connectivity index (χ1n) is 6.39. The van der Waals surface area contributed by atoms with Gasteiger partial charge in [0.2, 0.25) is 0 Å². The summed E-state index contributed by atoms with van der Waals surface area (Å²) < 4.78 is 3.10. The third-order valence-electron chi connectivity index (χ3n) is 2.97. The van der Waals surface area contributed by atoms with Crippen LogP contribution >= 0.6 is 47.8 Å². The first kappa shape index (κ1) is 16.1. The highest BCUT2D eigenvalue weighted by Crippen LogP contribution is 2.27. The first-order chi connectivity index (χ1) is 9.60. The van der Waals surface area contributed by atoms with Crippen molar-refractivity contribution < 1.29 is 0 Å². The average molecular weight is 463 g/mol. The molecule has 0 saturated carbocycles. The Labute approximate surface area is 144 Å². The van der Waals surface area contributed by atoms with Gasteiger partial charge >= 0.3 is 0 Å². The van der Waals surface area contributed by atoms with E-state index in [1.165, 1.54) is 5.56 Å². The molecule has 0 radical (unpaired) electrons. The SMILES string of the molecule is CCNC(Cc1ccc(Br)cc1)c1ncc(Br)cc1Br. The van der Waals surface area contributed by atoms with E-state index in [0.717, 1.165) is 32.1 Å². The van der Waals surface area contributed by atoms with E-state index in [4.69, 9.17) is 0 Å². The molecule has 1 unspecified atom stereocenters. The minimum atomic E-state index is 0.198. The predicted molar refractivity (Wildman–Crippen MR) is 93.9 cm³/mol. The summed E-state index contributed by atoms with van der Waals surface area (Å²) in [6.45, 7) is 3.02. The van der Waals surface area contributed by atoms with Gasteiger partial charge in [-0.1, -0.05) is 35.0 Å². The molecule has 1 atom stereocenters. The number of halogens is 3. The van der Waals surface area contributed by atoms with Crippen LogP contribution in [-0.4, -0.2) is 11.5 Å². The van der Waals surface area contributed by atoms with Gasteiger partial charge in [-0.2, -0.15) is 0 Å². The van der Waals surface area contributed by atoms with E-state index in [1.807, 2.05) is 12.3 Å². The number of likely N-dealkylation sites (N-methyl/N-ethyl adjacent to an activating group) is 1. The number of hydrogen-bond donors (Lipinski definition) is 1. The average Bonchev–Trinajstić information content (AvgIpc) is 2.41. The number of benzene rings is 1. The first-order valence-corrected chi connectivity index (χ1v) is 8.76. The molecule has 0 spiro atoms. The van der Waals surface area contributed by atoms with Crippen molar-refractivity contribution in [3.63, 3.8) is 0 Å². The molecule has 20 heavy (non-hydrogen) atoms. The summed E-state index contributed by atoms with van der Waals surface area (Å²) >= 11 is 10.5. The normalized spacial score (nSPS) is 12.4. The van der Waals surface area contributed by atoms with E-state index in [2.05, 4.69) is 89.3 Å². The fraction of sp³-hybridized carbons (Fsp3) is 0.267. The summed E-state index contributed by atoms with van der Waals surface area (Å²) in [5.41, 5.74) is 2.33. The van der Waals surface area contributed by atoms with Gasteiger partial charge in [-0.15, -0.1) is 0 Å². The zero-order valence-electron chi connectivity index (χ0n) is 11.0. The number of rotatable bonds is 5. The quantitative estimate of drug-likeness (QED) is 0.655. The standard InChI is InChI=1S/C15H15Br3N2/c1-2-19-14(7-10-3-5-11(16)6-4-10)15-13(18)8-12(17)9-20-15/h3-6,8-9,14,19H,2,7H2,1H3. The lowest BCUT2D eigenvalue weighted by atomic mass is 10.0. The summed E-state index contributed by atoms with van der Waals surface area (Å²) in [5, 5.41) is 3.50. The number of nitrogens with zero attached hydrogens (tertiary/aromatic N) is 1. The fourth-order valence-corrected chi connectivity index (χ4v) is 3.58. The maximum Gasteiger partial charge on any atom is 0.0719 e. The van der Waals surface area contributed by atoms with E-state index >= 15 is 0 Å². The van der Waals surface area contributed by atoms with Gasteiger partial charge in [0.25, 0.3) is 0 Å². The molecule has 2 nitrogen and oxygen atoms in total. The van der Waals surface area contributed by atoms with Gasteiger partial charge < -0.3 is 5.32 Å². The van der Waals surface area contributed by atoms with Crippen LogP contribution in [0.2, 0.25) is 0 Å². The van der Waals surface area contributed by atoms with Crippen LogP contribution in [0.5, 0.6) is 0 Å². The zero-order valence-corrected chi connectivity index (χ0v) is 15.8. The summed E-state index contributed by atoms with van der Waals surface area (Å²) in [4.78, 5) is 4.54. The van der Waals surface area contributed by atoms with Gasteiger partial charge in [0.1, 0.15) is 0 Å². The lowest BCUT2D eigenvalue weighted by molar-refractivity contribution is 0.534. The molecule has 0 aliphatic heterocycles. The van der Waals surface area contributed by atoms with Crippen LogP contribution in [0, 0.1) is 0 Å². The third kappa shape index (κ3) is 4.38. The van der Waals surface area contributed by atoms with Crippen molar-refractivity contribution in [1.29, 1.82) is 0 Å². The van der Waals surface area contributed by atoms with E-state index in [-0.39, 0.29) is 6.04 Å². The van der Waals surface area contributed by atoms with Crippen molar-refractivity contribution in [1.82, 2.24) is 10.3 Å². The molecule has 0 aliphatic carbocycles. The van der Waals surface area contributed by atoms with Gasteiger partial charge in [-0.25, -0.2) is 0 Å². The lowest BCUT2D eigenvalue weighted by Gasteiger charge is -2.19. The third-order valence-corrected chi connectivity index (χ3v) is 4.57. The minimum Gasteiger partial charge on any atom is -0.309 e. The van der Waals surface area contributed by atoms with Crippen molar-refractivity contribution in [3.8, 4) is 0 Å². The van der Waals surface area contributed by atoms with E-state index in [1.54, 1.807) is 0 Å². The molecule has 0 aliphatic rings. The van der Waals surface area contributed by atoms with Gasteiger partial charge in [0.15, 0.2) is 0 Å². The summed E-state index contributed by atoms with van der Waals surface area (Å²) in [7, 11) is 0. The van der Waals surface area contributed by atoms with E-state index < -0.39 is 0 Å². The number of nitrogens with one attached hydrogen (secondary N) is 1. The van der Waals surface area contributed by atoms with Gasteiger partial charge in [0, 0.05) is 19.6 Å². The molecule has 1 aromatic carbocycles. The Morgan fingerprint density at radius 2 is 1.80 bits per heavy atom. The number of pyridine rings is 1. The molecule has 2 aromatic rings. The monoisotopic (exact) mass is 460 g/mol. The molecule has 1 N–H and O–H groups in total. The second-order valence-electron chi connectivity index (χ2n) is 4.46. The second-order valence-corrected chi connectivity index (χ2v) is 7.15. The molecule has 0 amide bonds. The molecule has 0 fully saturated rings. The maximum atomic E-state index is 4.54. The van der Waals surface area contributed by atoms with Gasteiger partial charge in [-0.05, 0) is 68.6 Å². The van der Waals surface area contributed by atoms with Crippen molar-refractivity contribution in [2.45, 2.75) is 19.4 Å². The van der Waals surface area contributed by atoms with Crippen LogP contribution in [0.25, 0.3) is 0 Å². The Morgan fingerprint density at radius 1 is 1.10 bits per heavy atom. The maximum absolute atomic E-state index is 4.54. The number of hydrogen-bond acceptors (Lipinski definition) is 2. The Hall–Kier alpha value is -0.230. The fourth-order valence-electron chi connectivity index (χ4n) is 2.05. The molecule has 1 aromatic heterocycles. The Morgan fingerprint density at radius 3 is 2.40 bits per heavy atom. The van der Waals surface area contributed by atoms with E-state index in [0.29, 0.717) is 0 Å².